The predicted octanol–water partition coefficient (Wildman–Crippen LogP) is 2.99. The van der Waals surface area contributed by atoms with Crippen LogP contribution in [0.2, 0.25) is 0 Å². The molecule has 0 aromatic carbocycles. The summed E-state index contributed by atoms with van der Waals surface area (Å²) in [5.41, 5.74) is 3.22. The lowest BCUT2D eigenvalue weighted by Gasteiger charge is -2.34. The minimum absolute atomic E-state index is 0.144. The summed E-state index contributed by atoms with van der Waals surface area (Å²) in [7, 11) is 0. The van der Waals surface area contributed by atoms with Gasteiger partial charge in [-0.15, -0.1) is 6.58 Å². The highest BCUT2D eigenvalue weighted by atomic mass is 32.2. The van der Waals surface area contributed by atoms with Crippen molar-refractivity contribution in [1.82, 2.24) is 19.6 Å². The fourth-order valence-corrected chi connectivity index (χ4v) is 5.71. The van der Waals surface area contributed by atoms with E-state index in [2.05, 4.69) is 11.5 Å². The Morgan fingerprint density at radius 3 is 2.59 bits per heavy atom. The predicted molar refractivity (Wildman–Crippen MR) is 112 cm³/mol. The van der Waals surface area contributed by atoms with Crippen molar-refractivity contribution in [2.24, 2.45) is 0 Å². The Bertz CT molecular complexity index is 672. The van der Waals surface area contributed by atoms with Gasteiger partial charge in [0.05, 0.1) is 6.54 Å². The molecule has 2 aliphatic heterocycles. The second kappa shape index (κ2) is 8.82. The van der Waals surface area contributed by atoms with Crippen LogP contribution in [0, 0.1) is 0 Å². The average molecular weight is 389 g/mol. The van der Waals surface area contributed by atoms with Crippen molar-refractivity contribution in [2.45, 2.75) is 57.5 Å². The molecule has 1 atom stereocenters. The van der Waals surface area contributed by atoms with Crippen molar-refractivity contribution in [3.8, 4) is 0 Å². The van der Waals surface area contributed by atoms with Crippen molar-refractivity contribution in [3.63, 3.8) is 0 Å². The molecule has 5 nitrogen and oxygen atoms in total. The maximum Gasteiger partial charge on any atom is 0.274 e. The molecule has 6 heteroatoms. The van der Waals surface area contributed by atoms with Gasteiger partial charge in [0.2, 0.25) is 0 Å². The van der Waals surface area contributed by atoms with Crippen LogP contribution >= 0.6 is 11.8 Å². The molecule has 2 fully saturated rings. The third kappa shape index (κ3) is 4.11. The summed E-state index contributed by atoms with van der Waals surface area (Å²) in [4.78, 5) is 17.9. The van der Waals surface area contributed by atoms with Gasteiger partial charge in [0, 0.05) is 41.9 Å². The van der Waals surface area contributed by atoms with Crippen LogP contribution in [-0.2, 0) is 19.4 Å². The molecule has 3 heterocycles. The van der Waals surface area contributed by atoms with Crippen LogP contribution in [0.1, 0.15) is 53.8 Å². The Morgan fingerprint density at radius 2 is 1.89 bits per heavy atom. The molecule has 3 aliphatic rings. The quantitative estimate of drug-likeness (QED) is 0.744. The molecule has 4 rings (SSSR count). The van der Waals surface area contributed by atoms with E-state index in [1.807, 2.05) is 27.4 Å². The third-order valence-electron chi connectivity index (χ3n) is 6.28. The molecule has 0 spiro atoms. The Morgan fingerprint density at radius 1 is 1.15 bits per heavy atom. The monoisotopic (exact) mass is 388 g/mol. The maximum atomic E-state index is 13.2. The lowest BCUT2D eigenvalue weighted by Crippen LogP contribution is -2.41. The fourth-order valence-electron chi connectivity index (χ4n) is 4.80. The highest BCUT2D eigenvalue weighted by Crippen LogP contribution is 2.30. The van der Waals surface area contributed by atoms with E-state index >= 15 is 0 Å². The highest BCUT2D eigenvalue weighted by molar-refractivity contribution is 7.99. The molecule has 1 aromatic heterocycles. The van der Waals surface area contributed by atoms with Crippen LogP contribution in [0.15, 0.2) is 12.7 Å². The van der Waals surface area contributed by atoms with Crippen molar-refractivity contribution in [3.05, 3.63) is 29.6 Å². The van der Waals surface area contributed by atoms with Gasteiger partial charge in [0.25, 0.3) is 5.91 Å². The van der Waals surface area contributed by atoms with Gasteiger partial charge in [-0.3, -0.25) is 9.48 Å². The van der Waals surface area contributed by atoms with Crippen LogP contribution in [-0.4, -0.2) is 69.2 Å². The lowest BCUT2D eigenvalue weighted by atomic mass is 9.89. The smallest absolute Gasteiger partial charge is 0.274 e. The number of likely N-dealkylation sites (tertiary alicyclic amines) is 1. The van der Waals surface area contributed by atoms with Crippen molar-refractivity contribution >= 4 is 17.7 Å². The van der Waals surface area contributed by atoms with Crippen LogP contribution < -0.4 is 0 Å². The number of hydrogen-bond donors (Lipinski definition) is 0. The topological polar surface area (TPSA) is 41.4 Å². The molecule has 0 radical (unpaired) electrons. The molecular formula is C21H32N4OS. The fraction of sp³-hybridized carbons (Fsp3) is 0.714. The van der Waals surface area contributed by atoms with E-state index in [9.17, 15) is 4.79 Å². The van der Waals surface area contributed by atoms with Crippen molar-refractivity contribution in [2.75, 3.05) is 37.7 Å². The maximum absolute atomic E-state index is 13.2. The zero-order chi connectivity index (χ0) is 18.6. The number of rotatable bonds is 4. The molecule has 1 amide bonds. The number of fused-ring (bicyclic) bond motifs is 1. The molecule has 0 bridgehead atoms. The molecule has 2 saturated heterocycles. The summed E-state index contributed by atoms with van der Waals surface area (Å²) in [6.45, 7) is 8.70. The number of allylic oxidation sites excluding steroid dienone is 1. The van der Waals surface area contributed by atoms with E-state index in [0.29, 0.717) is 12.6 Å². The standard InChI is InChI=1S/C21H32N4OS/c1-2-9-25-19-8-7-17(23-10-5-3-4-6-11-23)16-18(19)20(22-25)21(26)24-12-14-27-15-13-24/h2,17H,1,3-16H2. The van der Waals surface area contributed by atoms with Gasteiger partial charge in [-0.25, -0.2) is 0 Å². The summed E-state index contributed by atoms with van der Waals surface area (Å²) >= 11 is 1.94. The molecule has 1 aliphatic carbocycles. The van der Waals surface area contributed by atoms with Crippen LogP contribution in [0.3, 0.4) is 0 Å². The Labute approximate surface area is 167 Å². The molecule has 1 unspecified atom stereocenters. The molecule has 0 saturated carbocycles. The Hall–Kier alpha value is -1.27. The van der Waals surface area contributed by atoms with Gasteiger partial charge in [-0.05, 0) is 45.2 Å². The van der Waals surface area contributed by atoms with Gasteiger partial charge in [-0.2, -0.15) is 16.9 Å². The largest absolute Gasteiger partial charge is 0.336 e. The first-order valence-electron chi connectivity index (χ1n) is 10.6. The molecule has 1 aromatic rings. The van der Waals surface area contributed by atoms with E-state index in [1.54, 1.807) is 0 Å². The lowest BCUT2D eigenvalue weighted by molar-refractivity contribution is 0.0763. The number of carbonyl (C=O) groups is 1. The first kappa shape index (κ1) is 19.1. The van der Waals surface area contributed by atoms with Crippen molar-refractivity contribution in [1.29, 1.82) is 0 Å². The van der Waals surface area contributed by atoms with Gasteiger partial charge in [0.15, 0.2) is 5.69 Å². The second-order valence-corrected chi connectivity index (χ2v) is 9.22. The van der Waals surface area contributed by atoms with E-state index in [0.717, 1.165) is 43.1 Å². The Balaban J connectivity index is 1.59. The average Bonchev–Trinajstić information content (AvgIpc) is 2.88. The number of hydrogen-bond acceptors (Lipinski definition) is 4. The van der Waals surface area contributed by atoms with E-state index in [4.69, 9.17) is 5.10 Å². The number of carbonyl (C=O) groups excluding carboxylic acids is 1. The number of thioether (sulfide) groups is 1. The molecule has 27 heavy (non-hydrogen) atoms. The van der Waals surface area contributed by atoms with Crippen molar-refractivity contribution < 1.29 is 4.79 Å². The highest BCUT2D eigenvalue weighted by Gasteiger charge is 2.33. The van der Waals surface area contributed by atoms with Gasteiger partial charge in [0.1, 0.15) is 0 Å². The summed E-state index contributed by atoms with van der Waals surface area (Å²) in [6.07, 6.45) is 10.4. The van der Waals surface area contributed by atoms with Gasteiger partial charge < -0.3 is 9.80 Å². The summed E-state index contributed by atoms with van der Waals surface area (Å²) in [5.74, 6) is 2.22. The summed E-state index contributed by atoms with van der Waals surface area (Å²) in [6, 6.07) is 0.570. The first-order valence-corrected chi connectivity index (χ1v) is 11.7. The van der Waals surface area contributed by atoms with Crippen LogP contribution in [0.25, 0.3) is 0 Å². The summed E-state index contributed by atoms with van der Waals surface area (Å²) < 4.78 is 2.03. The minimum Gasteiger partial charge on any atom is -0.336 e. The van der Waals surface area contributed by atoms with Gasteiger partial charge in [-0.1, -0.05) is 18.9 Å². The third-order valence-corrected chi connectivity index (χ3v) is 7.22. The zero-order valence-electron chi connectivity index (χ0n) is 16.4. The van der Waals surface area contributed by atoms with Gasteiger partial charge >= 0.3 is 0 Å². The molecular weight excluding hydrogens is 356 g/mol. The minimum atomic E-state index is 0.144. The Kier molecular flexibility index (Phi) is 6.23. The first-order chi connectivity index (χ1) is 13.3. The zero-order valence-corrected chi connectivity index (χ0v) is 17.2. The number of amides is 1. The van der Waals surface area contributed by atoms with E-state index < -0.39 is 0 Å². The van der Waals surface area contributed by atoms with E-state index in [1.165, 1.54) is 56.5 Å². The second-order valence-electron chi connectivity index (χ2n) is 8.00. The molecule has 0 N–H and O–H groups in total. The molecule has 148 valence electrons. The normalized spacial score (nSPS) is 24.3. The van der Waals surface area contributed by atoms with E-state index in [-0.39, 0.29) is 5.91 Å². The SMILES string of the molecule is C=CCn1nc(C(=O)N2CCSCC2)c2c1CCC(N1CCCCCC1)C2. The summed E-state index contributed by atoms with van der Waals surface area (Å²) in [5, 5.41) is 4.78. The number of aromatic nitrogens is 2. The van der Waals surface area contributed by atoms with Crippen LogP contribution in [0.5, 0.6) is 0 Å². The number of nitrogens with zero attached hydrogens (tertiary/aromatic N) is 4. The van der Waals surface area contributed by atoms with Crippen LogP contribution in [0.4, 0.5) is 0 Å².